The van der Waals surface area contributed by atoms with Crippen LogP contribution in [0.25, 0.3) is 0 Å². The largest absolute Gasteiger partial charge is 0.456 e. The van der Waals surface area contributed by atoms with E-state index in [0.717, 1.165) is 5.56 Å². The molecule has 0 atom stereocenters. The van der Waals surface area contributed by atoms with E-state index in [-0.39, 0.29) is 18.7 Å². The highest BCUT2D eigenvalue weighted by atomic mass is 35.5. The first-order valence-electron chi connectivity index (χ1n) is 8.00. The number of ether oxygens (including phenoxy) is 1. The highest BCUT2D eigenvalue weighted by Gasteiger charge is 2.11. The van der Waals surface area contributed by atoms with Crippen molar-refractivity contribution in [2.45, 2.75) is 19.8 Å². The molecule has 2 aromatic carbocycles. The van der Waals surface area contributed by atoms with Gasteiger partial charge in [-0.25, -0.2) is 0 Å². The maximum atomic E-state index is 11.8. The summed E-state index contributed by atoms with van der Waals surface area (Å²) in [5, 5.41) is 5.83. The third-order valence-electron chi connectivity index (χ3n) is 3.38. The fraction of sp³-hybridized carbons (Fsp3) is 0.211. The van der Waals surface area contributed by atoms with Crippen molar-refractivity contribution >= 4 is 40.8 Å². The van der Waals surface area contributed by atoms with Crippen molar-refractivity contribution in [2.75, 3.05) is 17.2 Å². The number of rotatable bonds is 7. The lowest BCUT2D eigenvalue weighted by molar-refractivity contribution is -0.147. The zero-order chi connectivity index (χ0) is 18.9. The Morgan fingerprint density at radius 2 is 1.38 bits per heavy atom. The van der Waals surface area contributed by atoms with Gasteiger partial charge in [0.1, 0.15) is 0 Å². The van der Waals surface area contributed by atoms with Gasteiger partial charge in [-0.3, -0.25) is 14.4 Å². The second kappa shape index (κ2) is 9.58. The van der Waals surface area contributed by atoms with Crippen LogP contribution in [-0.2, 0) is 19.1 Å². The predicted molar refractivity (Wildman–Crippen MR) is 100 cm³/mol. The van der Waals surface area contributed by atoms with Crippen LogP contribution in [0.5, 0.6) is 0 Å². The minimum Gasteiger partial charge on any atom is -0.456 e. The molecule has 0 saturated heterocycles. The topological polar surface area (TPSA) is 84.5 Å². The number of esters is 1. The predicted octanol–water partition coefficient (Wildman–Crippen LogP) is 3.55. The summed E-state index contributed by atoms with van der Waals surface area (Å²) in [7, 11) is 0. The van der Waals surface area contributed by atoms with Crippen molar-refractivity contribution in [1.29, 1.82) is 0 Å². The van der Waals surface area contributed by atoms with Crippen LogP contribution in [0.15, 0.2) is 48.5 Å². The molecule has 2 N–H and O–H groups in total. The van der Waals surface area contributed by atoms with E-state index in [4.69, 9.17) is 16.3 Å². The molecule has 0 heterocycles. The molecule has 0 aromatic heterocycles. The lowest BCUT2D eigenvalue weighted by Gasteiger charge is -2.07. The average Bonchev–Trinajstić information content (AvgIpc) is 2.62. The smallest absolute Gasteiger partial charge is 0.306 e. The van der Waals surface area contributed by atoms with Crippen LogP contribution in [-0.4, -0.2) is 24.4 Å². The quantitative estimate of drug-likeness (QED) is 0.726. The molecular formula is C19H19ClN2O4. The second-order valence-electron chi connectivity index (χ2n) is 5.63. The molecule has 0 aliphatic heterocycles. The van der Waals surface area contributed by atoms with E-state index >= 15 is 0 Å². The molecule has 2 amide bonds. The molecule has 0 radical (unpaired) electrons. The second-order valence-corrected chi connectivity index (χ2v) is 6.07. The number of carbonyl (C=O) groups is 3. The van der Waals surface area contributed by atoms with Gasteiger partial charge >= 0.3 is 5.97 Å². The number of amides is 2. The van der Waals surface area contributed by atoms with Gasteiger partial charge in [-0.15, -0.1) is 0 Å². The highest BCUT2D eigenvalue weighted by Crippen LogP contribution is 2.13. The number of hydrogen-bond acceptors (Lipinski definition) is 4. The number of carbonyl (C=O) groups excluding carboxylic acids is 3. The van der Waals surface area contributed by atoms with E-state index in [2.05, 4.69) is 10.6 Å². The van der Waals surface area contributed by atoms with E-state index in [1.165, 1.54) is 0 Å². The lowest BCUT2D eigenvalue weighted by atomic mass is 10.2. The van der Waals surface area contributed by atoms with E-state index in [1.54, 1.807) is 36.4 Å². The zero-order valence-electron chi connectivity index (χ0n) is 14.3. The van der Waals surface area contributed by atoms with Crippen molar-refractivity contribution in [2.24, 2.45) is 0 Å². The molecule has 7 heteroatoms. The number of anilines is 2. The molecule has 0 bridgehead atoms. The van der Waals surface area contributed by atoms with Gasteiger partial charge in [-0.1, -0.05) is 29.3 Å². The molecule has 0 aliphatic rings. The van der Waals surface area contributed by atoms with Crippen molar-refractivity contribution in [1.82, 2.24) is 0 Å². The van der Waals surface area contributed by atoms with Crippen LogP contribution in [0.2, 0.25) is 5.02 Å². The summed E-state index contributed by atoms with van der Waals surface area (Å²) in [4.78, 5) is 35.2. The van der Waals surface area contributed by atoms with Gasteiger partial charge in [0, 0.05) is 22.8 Å². The molecule has 0 unspecified atom stereocenters. The summed E-state index contributed by atoms with van der Waals surface area (Å²) in [6.45, 7) is 1.54. The van der Waals surface area contributed by atoms with Gasteiger partial charge in [0.25, 0.3) is 5.91 Å². The van der Waals surface area contributed by atoms with Crippen molar-refractivity contribution in [3.05, 3.63) is 59.1 Å². The Morgan fingerprint density at radius 1 is 0.846 bits per heavy atom. The Bertz CT molecular complexity index is 708. The molecule has 0 spiro atoms. The standard InChI is InChI=1S/C19H19ClN2O4/c1-13-2-6-15(7-3-13)22-18(24)12-26-19(25)11-10-17(23)21-16-8-4-14(20)5-9-16/h2-9H,10-12H2,1H3,(H,21,23)(H,22,24). The molecule has 0 fully saturated rings. The first-order valence-corrected chi connectivity index (χ1v) is 8.38. The van der Waals surface area contributed by atoms with Crippen molar-refractivity contribution in [3.8, 4) is 0 Å². The van der Waals surface area contributed by atoms with Gasteiger partial charge in [0.05, 0.1) is 6.42 Å². The van der Waals surface area contributed by atoms with Crippen LogP contribution in [0.3, 0.4) is 0 Å². The Kier molecular flexibility index (Phi) is 7.17. The Morgan fingerprint density at radius 3 is 2.00 bits per heavy atom. The summed E-state index contributed by atoms with van der Waals surface area (Å²) in [5.74, 6) is -1.38. The van der Waals surface area contributed by atoms with Gasteiger partial charge in [0.15, 0.2) is 6.61 Å². The fourth-order valence-corrected chi connectivity index (χ4v) is 2.15. The van der Waals surface area contributed by atoms with Crippen LogP contribution in [0.4, 0.5) is 11.4 Å². The summed E-state index contributed by atoms with van der Waals surface area (Å²) < 4.78 is 4.87. The minimum atomic E-state index is -0.615. The third kappa shape index (κ3) is 6.94. The molecule has 6 nitrogen and oxygen atoms in total. The minimum absolute atomic E-state index is 0.0406. The monoisotopic (exact) mass is 374 g/mol. The van der Waals surface area contributed by atoms with E-state index in [0.29, 0.717) is 16.4 Å². The summed E-state index contributed by atoms with van der Waals surface area (Å²) >= 11 is 5.76. The van der Waals surface area contributed by atoms with Gasteiger partial charge in [-0.2, -0.15) is 0 Å². The maximum Gasteiger partial charge on any atom is 0.306 e. The molecule has 136 valence electrons. The Labute approximate surface area is 156 Å². The van der Waals surface area contributed by atoms with Crippen LogP contribution < -0.4 is 10.6 Å². The number of aryl methyl sites for hydroxylation is 1. The number of nitrogens with one attached hydrogen (secondary N) is 2. The molecule has 2 rings (SSSR count). The van der Waals surface area contributed by atoms with E-state index in [9.17, 15) is 14.4 Å². The summed E-state index contributed by atoms with van der Waals surface area (Å²) in [5.41, 5.74) is 2.29. The third-order valence-corrected chi connectivity index (χ3v) is 3.64. The zero-order valence-corrected chi connectivity index (χ0v) is 15.0. The average molecular weight is 375 g/mol. The van der Waals surface area contributed by atoms with E-state index in [1.807, 2.05) is 19.1 Å². The SMILES string of the molecule is Cc1ccc(NC(=O)COC(=O)CCC(=O)Nc2ccc(Cl)cc2)cc1. The lowest BCUT2D eigenvalue weighted by Crippen LogP contribution is -2.21. The molecule has 2 aromatic rings. The molecular weight excluding hydrogens is 356 g/mol. The Balaban J connectivity index is 1.66. The number of benzene rings is 2. The molecule has 26 heavy (non-hydrogen) atoms. The van der Waals surface area contributed by atoms with Crippen molar-refractivity contribution < 1.29 is 19.1 Å². The summed E-state index contributed by atoms with van der Waals surface area (Å²) in [6, 6.07) is 13.9. The maximum absolute atomic E-state index is 11.8. The first kappa shape index (κ1) is 19.5. The fourth-order valence-electron chi connectivity index (χ4n) is 2.02. The Hall–Kier alpha value is -2.86. The molecule has 0 saturated carbocycles. The number of halogens is 1. The van der Waals surface area contributed by atoms with E-state index < -0.39 is 18.5 Å². The number of hydrogen-bond donors (Lipinski definition) is 2. The van der Waals surface area contributed by atoms with Crippen LogP contribution in [0, 0.1) is 6.92 Å². The van der Waals surface area contributed by atoms with Gasteiger partial charge < -0.3 is 15.4 Å². The van der Waals surface area contributed by atoms with Crippen LogP contribution >= 0.6 is 11.6 Å². The van der Waals surface area contributed by atoms with Crippen molar-refractivity contribution in [3.63, 3.8) is 0 Å². The summed E-state index contributed by atoms with van der Waals surface area (Å²) in [6.07, 6.45) is -0.154. The van der Waals surface area contributed by atoms with Crippen LogP contribution in [0.1, 0.15) is 18.4 Å². The normalized spacial score (nSPS) is 10.1. The van der Waals surface area contributed by atoms with Gasteiger partial charge in [0.2, 0.25) is 5.91 Å². The first-order chi connectivity index (χ1) is 12.4. The van der Waals surface area contributed by atoms with Gasteiger partial charge in [-0.05, 0) is 43.3 Å². The highest BCUT2D eigenvalue weighted by molar-refractivity contribution is 6.30. The molecule has 0 aliphatic carbocycles.